The van der Waals surface area contributed by atoms with Crippen molar-refractivity contribution in [2.45, 2.75) is 45.2 Å². The summed E-state index contributed by atoms with van der Waals surface area (Å²) in [6, 6.07) is 0.332. The molecule has 1 heterocycles. The van der Waals surface area contributed by atoms with Gasteiger partial charge in [-0.05, 0) is 19.8 Å². The Morgan fingerprint density at radius 2 is 2.24 bits per heavy atom. The second-order valence-corrected chi connectivity index (χ2v) is 4.47. The highest BCUT2D eigenvalue weighted by Gasteiger charge is 2.25. The van der Waals surface area contributed by atoms with Gasteiger partial charge < -0.3 is 9.63 Å². The molecule has 0 amide bonds. The Kier molecular flexibility index (Phi) is 3.73. The summed E-state index contributed by atoms with van der Waals surface area (Å²) < 4.78 is 5.04. The predicted molar refractivity (Wildman–Crippen MR) is 59.3 cm³/mol. The number of nitrogens with zero attached hydrogens (tertiary/aromatic N) is 3. The van der Waals surface area contributed by atoms with Gasteiger partial charge in [-0.25, -0.2) is 0 Å². The van der Waals surface area contributed by atoms with Gasteiger partial charge in [-0.1, -0.05) is 18.0 Å². The van der Waals surface area contributed by atoms with E-state index in [0.29, 0.717) is 24.3 Å². The van der Waals surface area contributed by atoms with Crippen LogP contribution in [0.5, 0.6) is 0 Å². The van der Waals surface area contributed by atoms with E-state index < -0.39 is 5.97 Å². The Morgan fingerprint density at radius 1 is 1.53 bits per heavy atom. The number of rotatable bonds is 5. The molecule has 6 nitrogen and oxygen atoms in total. The molecule has 1 N–H and O–H groups in total. The first kappa shape index (κ1) is 12.0. The topological polar surface area (TPSA) is 79.5 Å². The molecule has 1 aromatic heterocycles. The fourth-order valence-electron chi connectivity index (χ4n) is 2.34. The maximum Gasteiger partial charge on any atom is 0.317 e. The van der Waals surface area contributed by atoms with Crippen LogP contribution in [0, 0.1) is 6.92 Å². The molecule has 0 saturated heterocycles. The summed E-state index contributed by atoms with van der Waals surface area (Å²) in [4.78, 5) is 16.9. The molecule has 1 aromatic rings. The first-order valence-electron chi connectivity index (χ1n) is 5.90. The number of aromatic nitrogens is 2. The van der Waals surface area contributed by atoms with Crippen LogP contribution in [0.2, 0.25) is 0 Å². The Balaban J connectivity index is 2.01. The highest BCUT2D eigenvalue weighted by molar-refractivity contribution is 5.69. The zero-order chi connectivity index (χ0) is 12.3. The molecule has 1 aliphatic rings. The third-order valence-corrected chi connectivity index (χ3v) is 3.09. The molecule has 6 heteroatoms. The Labute approximate surface area is 99.6 Å². The van der Waals surface area contributed by atoms with Gasteiger partial charge in [-0.3, -0.25) is 9.69 Å². The van der Waals surface area contributed by atoms with Crippen LogP contribution < -0.4 is 0 Å². The van der Waals surface area contributed by atoms with E-state index in [1.54, 1.807) is 6.92 Å². The number of aliphatic carboxylic acids is 1. The van der Waals surface area contributed by atoms with Crippen LogP contribution in [0.25, 0.3) is 0 Å². The van der Waals surface area contributed by atoms with Crippen molar-refractivity contribution in [3.63, 3.8) is 0 Å². The van der Waals surface area contributed by atoms with Gasteiger partial charge >= 0.3 is 5.97 Å². The van der Waals surface area contributed by atoms with E-state index >= 15 is 0 Å². The standard InChI is InChI=1S/C11H17N3O3/c1-8-12-10(17-13-8)6-14(7-11(15)16)9-4-2-3-5-9/h9H,2-7H2,1H3,(H,15,16). The lowest BCUT2D eigenvalue weighted by molar-refractivity contribution is -0.139. The summed E-state index contributed by atoms with van der Waals surface area (Å²) >= 11 is 0. The van der Waals surface area contributed by atoms with Gasteiger partial charge in [-0.15, -0.1) is 0 Å². The first-order chi connectivity index (χ1) is 8.15. The molecule has 0 bridgehead atoms. The van der Waals surface area contributed by atoms with E-state index in [1.165, 1.54) is 12.8 Å². The number of carbonyl (C=O) groups is 1. The van der Waals surface area contributed by atoms with Gasteiger partial charge in [0.05, 0.1) is 13.1 Å². The van der Waals surface area contributed by atoms with Crippen LogP contribution in [0.3, 0.4) is 0 Å². The lowest BCUT2D eigenvalue weighted by Gasteiger charge is -2.25. The summed E-state index contributed by atoms with van der Waals surface area (Å²) in [5.74, 6) is 0.269. The SMILES string of the molecule is Cc1noc(CN(CC(=O)O)C2CCCC2)n1. The number of aryl methyl sites for hydroxylation is 1. The van der Waals surface area contributed by atoms with Crippen molar-refractivity contribution in [1.29, 1.82) is 0 Å². The van der Waals surface area contributed by atoms with Crippen LogP contribution in [-0.4, -0.2) is 38.7 Å². The lowest BCUT2D eigenvalue weighted by atomic mass is 10.2. The molecule has 0 atom stereocenters. The minimum absolute atomic E-state index is 0.0338. The minimum Gasteiger partial charge on any atom is -0.480 e. The van der Waals surface area contributed by atoms with Crippen molar-refractivity contribution < 1.29 is 14.4 Å². The summed E-state index contributed by atoms with van der Waals surface area (Å²) in [6.07, 6.45) is 4.45. The van der Waals surface area contributed by atoms with Gasteiger partial charge in [0.1, 0.15) is 0 Å². The van der Waals surface area contributed by atoms with E-state index in [4.69, 9.17) is 9.63 Å². The molecule has 0 unspecified atom stereocenters. The highest BCUT2D eigenvalue weighted by atomic mass is 16.5. The van der Waals surface area contributed by atoms with Crippen molar-refractivity contribution in [3.8, 4) is 0 Å². The van der Waals surface area contributed by atoms with E-state index in [-0.39, 0.29) is 6.54 Å². The maximum absolute atomic E-state index is 10.9. The summed E-state index contributed by atoms with van der Waals surface area (Å²) in [7, 11) is 0. The Hall–Kier alpha value is -1.43. The highest BCUT2D eigenvalue weighted by Crippen LogP contribution is 2.24. The van der Waals surface area contributed by atoms with Crippen LogP contribution in [-0.2, 0) is 11.3 Å². The summed E-state index contributed by atoms with van der Waals surface area (Å²) in [5, 5.41) is 12.6. The molecule has 1 aliphatic carbocycles. The largest absolute Gasteiger partial charge is 0.480 e. The average Bonchev–Trinajstić information content (AvgIpc) is 2.87. The van der Waals surface area contributed by atoms with E-state index in [0.717, 1.165) is 12.8 Å². The van der Waals surface area contributed by atoms with E-state index in [1.807, 2.05) is 4.90 Å². The normalized spacial score (nSPS) is 16.8. The second kappa shape index (κ2) is 5.27. The van der Waals surface area contributed by atoms with Crippen LogP contribution in [0.4, 0.5) is 0 Å². The maximum atomic E-state index is 10.9. The number of carboxylic acid groups (broad SMARTS) is 1. The number of hydrogen-bond acceptors (Lipinski definition) is 5. The van der Waals surface area contributed by atoms with Gasteiger partial charge in [0.25, 0.3) is 0 Å². The fraction of sp³-hybridized carbons (Fsp3) is 0.727. The summed E-state index contributed by atoms with van der Waals surface area (Å²) in [5.41, 5.74) is 0. The predicted octanol–water partition coefficient (Wildman–Crippen LogP) is 1.21. The molecular formula is C11H17N3O3. The molecule has 1 fully saturated rings. The first-order valence-corrected chi connectivity index (χ1v) is 5.90. The fourth-order valence-corrected chi connectivity index (χ4v) is 2.34. The third-order valence-electron chi connectivity index (χ3n) is 3.09. The smallest absolute Gasteiger partial charge is 0.317 e. The van der Waals surface area contributed by atoms with Crippen LogP contribution >= 0.6 is 0 Å². The molecule has 94 valence electrons. The molecule has 17 heavy (non-hydrogen) atoms. The minimum atomic E-state index is -0.812. The van der Waals surface area contributed by atoms with E-state index in [2.05, 4.69) is 10.1 Å². The van der Waals surface area contributed by atoms with Crippen molar-refractivity contribution >= 4 is 5.97 Å². The van der Waals surface area contributed by atoms with Crippen molar-refractivity contribution in [3.05, 3.63) is 11.7 Å². The van der Waals surface area contributed by atoms with Crippen LogP contribution in [0.1, 0.15) is 37.4 Å². The molecule has 2 rings (SSSR count). The van der Waals surface area contributed by atoms with Crippen molar-refractivity contribution in [2.24, 2.45) is 0 Å². The molecule has 0 spiro atoms. The average molecular weight is 239 g/mol. The van der Waals surface area contributed by atoms with Gasteiger partial charge in [0.2, 0.25) is 5.89 Å². The monoisotopic (exact) mass is 239 g/mol. The molecule has 0 radical (unpaired) electrons. The number of hydrogen-bond donors (Lipinski definition) is 1. The van der Waals surface area contributed by atoms with Gasteiger partial charge in [0.15, 0.2) is 5.82 Å². The van der Waals surface area contributed by atoms with Crippen LogP contribution in [0.15, 0.2) is 4.52 Å². The second-order valence-electron chi connectivity index (χ2n) is 4.47. The lowest BCUT2D eigenvalue weighted by Crippen LogP contribution is -2.37. The van der Waals surface area contributed by atoms with Crippen molar-refractivity contribution in [2.75, 3.05) is 6.54 Å². The zero-order valence-corrected chi connectivity index (χ0v) is 9.93. The van der Waals surface area contributed by atoms with Crippen molar-refractivity contribution in [1.82, 2.24) is 15.0 Å². The Bertz CT molecular complexity index is 385. The third kappa shape index (κ3) is 3.26. The zero-order valence-electron chi connectivity index (χ0n) is 9.93. The Morgan fingerprint density at radius 3 is 2.76 bits per heavy atom. The molecule has 0 aromatic carbocycles. The molecular weight excluding hydrogens is 222 g/mol. The molecule has 0 aliphatic heterocycles. The van der Waals surface area contributed by atoms with Gasteiger partial charge in [-0.2, -0.15) is 4.98 Å². The molecule has 1 saturated carbocycles. The van der Waals surface area contributed by atoms with Gasteiger partial charge in [0, 0.05) is 6.04 Å². The van der Waals surface area contributed by atoms with E-state index in [9.17, 15) is 4.79 Å². The quantitative estimate of drug-likeness (QED) is 0.831. The summed E-state index contributed by atoms with van der Waals surface area (Å²) in [6.45, 7) is 2.22. The number of carboxylic acids is 1.